The summed E-state index contributed by atoms with van der Waals surface area (Å²) < 4.78 is 10.7. The third-order valence-electron chi connectivity index (χ3n) is 10.2. The Morgan fingerprint density at radius 1 is 0.442 bits per heavy atom. The fourth-order valence-corrected chi connectivity index (χ4v) is 6.76. The van der Waals surface area contributed by atoms with Crippen LogP contribution in [0.15, 0.2) is 24.3 Å². The molecule has 0 saturated carbocycles. The molecule has 0 aromatic heterocycles. The minimum absolute atomic E-state index is 0.0625. The quantitative estimate of drug-likeness (QED) is 0.0384. The van der Waals surface area contributed by atoms with Crippen LogP contribution in [0.25, 0.3) is 0 Å². The second-order valence-electron chi connectivity index (χ2n) is 15.5. The van der Waals surface area contributed by atoms with Crippen LogP contribution in [0.3, 0.4) is 0 Å². The van der Waals surface area contributed by atoms with E-state index in [1.807, 2.05) is 0 Å². The van der Waals surface area contributed by atoms with Gasteiger partial charge in [-0.15, -0.1) is 0 Å². The fourth-order valence-electron chi connectivity index (χ4n) is 6.76. The lowest BCUT2D eigenvalue weighted by Gasteiger charge is -2.15. The Labute approximate surface area is 323 Å². The van der Waals surface area contributed by atoms with E-state index in [1.54, 1.807) is 0 Å². The van der Waals surface area contributed by atoms with Gasteiger partial charge in [0.1, 0.15) is 6.61 Å². The van der Waals surface area contributed by atoms with Crippen molar-refractivity contribution in [1.82, 2.24) is 0 Å². The molecule has 0 aliphatic carbocycles. The van der Waals surface area contributed by atoms with Crippen molar-refractivity contribution in [2.75, 3.05) is 13.2 Å². The molecule has 306 valence electrons. The molecule has 0 bridgehead atoms. The normalized spacial score (nSPS) is 12.3. The average molecular weight is 733 g/mol. The van der Waals surface area contributed by atoms with Gasteiger partial charge in [0.15, 0.2) is 6.10 Å². The second kappa shape index (κ2) is 43.8. The molecule has 0 radical (unpaired) electrons. The molecule has 0 saturated heterocycles. The number of esters is 2. The van der Waals surface area contributed by atoms with Crippen LogP contribution >= 0.6 is 0 Å². The molecule has 0 aliphatic rings. The zero-order valence-corrected chi connectivity index (χ0v) is 34.8. The van der Waals surface area contributed by atoms with Gasteiger partial charge in [-0.1, -0.05) is 212 Å². The number of ether oxygens (including phenoxy) is 2. The van der Waals surface area contributed by atoms with Crippen LogP contribution in [-0.2, 0) is 19.1 Å². The molecule has 5 heteroatoms. The van der Waals surface area contributed by atoms with Crippen molar-refractivity contribution in [2.45, 2.75) is 251 Å². The van der Waals surface area contributed by atoms with Gasteiger partial charge in [-0.25, -0.2) is 0 Å². The summed E-state index contributed by atoms with van der Waals surface area (Å²) in [6.07, 6.45) is 52.5. The van der Waals surface area contributed by atoms with E-state index < -0.39 is 6.10 Å². The molecule has 0 unspecified atom stereocenters. The van der Waals surface area contributed by atoms with Gasteiger partial charge in [0.05, 0.1) is 6.61 Å². The van der Waals surface area contributed by atoms with E-state index in [-0.39, 0.29) is 25.2 Å². The van der Waals surface area contributed by atoms with E-state index in [0.717, 1.165) is 38.5 Å². The number of aliphatic hydroxyl groups is 1. The Balaban J connectivity index is 3.49. The van der Waals surface area contributed by atoms with Crippen molar-refractivity contribution in [3.63, 3.8) is 0 Å². The van der Waals surface area contributed by atoms with Crippen molar-refractivity contribution < 1.29 is 24.2 Å². The maximum Gasteiger partial charge on any atom is 0.306 e. The average Bonchev–Trinajstić information content (AvgIpc) is 3.15. The SMILES string of the molecule is CCCCC/C=C/C/C=C/CCCCCCCCCCCC(=O)O[C@@H](CO)COC(=O)CCCCCCCCCCCCCCCCCCCCC. The molecule has 0 fully saturated rings. The first-order valence-electron chi connectivity index (χ1n) is 22.9. The molecule has 1 N–H and O–H groups in total. The largest absolute Gasteiger partial charge is 0.462 e. The number of carbonyl (C=O) groups excluding carboxylic acids is 2. The third-order valence-corrected chi connectivity index (χ3v) is 10.2. The van der Waals surface area contributed by atoms with Crippen LogP contribution in [0.4, 0.5) is 0 Å². The first kappa shape index (κ1) is 50.4. The standard InChI is InChI=1S/C47H88O5/c1-3-5-7-9-11-13-15-17-19-21-23-25-27-29-31-33-35-37-39-41-46(49)51-44-45(43-48)52-47(50)42-40-38-36-34-32-30-28-26-24-22-20-18-16-14-12-10-8-6-4-2/h12,14,18,20,45,48H,3-11,13,15-17,19,21-44H2,1-2H3/b14-12+,20-18+/t45-/m0/s1. The minimum atomic E-state index is -0.769. The van der Waals surface area contributed by atoms with Crippen LogP contribution in [0, 0.1) is 0 Å². The van der Waals surface area contributed by atoms with Gasteiger partial charge in [0.2, 0.25) is 0 Å². The molecule has 0 aromatic rings. The van der Waals surface area contributed by atoms with Gasteiger partial charge in [0, 0.05) is 12.8 Å². The Morgan fingerprint density at radius 3 is 1.17 bits per heavy atom. The van der Waals surface area contributed by atoms with Crippen molar-refractivity contribution >= 4 is 11.9 Å². The lowest BCUT2D eigenvalue weighted by atomic mass is 10.0. The van der Waals surface area contributed by atoms with E-state index in [0.29, 0.717) is 12.8 Å². The predicted octanol–water partition coefficient (Wildman–Crippen LogP) is 14.6. The smallest absolute Gasteiger partial charge is 0.306 e. The number of hydrogen-bond acceptors (Lipinski definition) is 5. The summed E-state index contributed by atoms with van der Waals surface area (Å²) in [5, 5.41) is 9.59. The van der Waals surface area contributed by atoms with Gasteiger partial charge in [-0.2, -0.15) is 0 Å². The highest BCUT2D eigenvalue weighted by Gasteiger charge is 2.16. The highest BCUT2D eigenvalue weighted by Crippen LogP contribution is 2.16. The third kappa shape index (κ3) is 41.1. The van der Waals surface area contributed by atoms with Gasteiger partial charge in [-0.05, 0) is 44.9 Å². The molecular weight excluding hydrogens is 645 g/mol. The molecule has 5 nitrogen and oxygen atoms in total. The summed E-state index contributed by atoms with van der Waals surface area (Å²) in [5.74, 6) is -0.583. The summed E-state index contributed by atoms with van der Waals surface area (Å²) in [5.41, 5.74) is 0. The van der Waals surface area contributed by atoms with Gasteiger partial charge >= 0.3 is 11.9 Å². The zero-order chi connectivity index (χ0) is 37.8. The van der Waals surface area contributed by atoms with Crippen molar-refractivity contribution in [3.05, 3.63) is 24.3 Å². The highest BCUT2D eigenvalue weighted by molar-refractivity contribution is 5.70. The minimum Gasteiger partial charge on any atom is -0.462 e. The molecule has 0 rings (SSSR count). The summed E-state index contributed by atoms with van der Waals surface area (Å²) in [7, 11) is 0. The molecule has 1 atom stereocenters. The Kier molecular flexibility index (Phi) is 42.4. The van der Waals surface area contributed by atoms with Crippen LogP contribution in [0.2, 0.25) is 0 Å². The predicted molar refractivity (Wildman–Crippen MR) is 224 cm³/mol. The van der Waals surface area contributed by atoms with E-state index in [1.165, 1.54) is 180 Å². The van der Waals surface area contributed by atoms with E-state index in [9.17, 15) is 14.7 Å². The lowest BCUT2D eigenvalue weighted by Crippen LogP contribution is -2.28. The van der Waals surface area contributed by atoms with Crippen LogP contribution in [0.1, 0.15) is 245 Å². The van der Waals surface area contributed by atoms with E-state index in [2.05, 4.69) is 38.2 Å². The maximum atomic E-state index is 12.2. The van der Waals surface area contributed by atoms with Crippen molar-refractivity contribution in [1.29, 1.82) is 0 Å². The molecule has 0 heterocycles. The number of carbonyl (C=O) groups is 2. The van der Waals surface area contributed by atoms with E-state index in [4.69, 9.17) is 9.47 Å². The Morgan fingerprint density at radius 2 is 0.769 bits per heavy atom. The molecule has 0 spiro atoms. The van der Waals surface area contributed by atoms with Gasteiger partial charge in [0.25, 0.3) is 0 Å². The lowest BCUT2D eigenvalue weighted by molar-refractivity contribution is -0.161. The second-order valence-corrected chi connectivity index (χ2v) is 15.5. The van der Waals surface area contributed by atoms with Gasteiger partial charge in [-0.3, -0.25) is 9.59 Å². The van der Waals surface area contributed by atoms with Crippen LogP contribution in [0.5, 0.6) is 0 Å². The topological polar surface area (TPSA) is 72.8 Å². The van der Waals surface area contributed by atoms with Crippen LogP contribution in [-0.4, -0.2) is 36.4 Å². The number of aliphatic hydroxyl groups excluding tert-OH is 1. The van der Waals surface area contributed by atoms with Crippen LogP contribution < -0.4 is 0 Å². The molecule has 0 aromatic carbocycles. The van der Waals surface area contributed by atoms with Crippen molar-refractivity contribution in [3.8, 4) is 0 Å². The summed E-state index contributed by atoms with van der Waals surface area (Å²) >= 11 is 0. The number of unbranched alkanes of at least 4 members (excludes halogenated alkanes) is 30. The molecular formula is C47H88O5. The summed E-state index contributed by atoms with van der Waals surface area (Å²) in [6, 6.07) is 0. The number of rotatable bonds is 42. The summed E-state index contributed by atoms with van der Waals surface area (Å²) in [6.45, 7) is 4.14. The zero-order valence-electron chi connectivity index (χ0n) is 34.8. The van der Waals surface area contributed by atoms with Gasteiger partial charge < -0.3 is 14.6 Å². The van der Waals surface area contributed by atoms with E-state index >= 15 is 0 Å². The molecule has 52 heavy (non-hydrogen) atoms. The maximum absolute atomic E-state index is 12.2. The Bertz CT molecular complexity index is 791. The summed E-state index contributed by atoms with van der Waals surface area (Å²) in [4.78, 5) is 24.4. The Hall–Kier alpha value is -1.62. The fraction of sp³-hybridized carbons (Fsp3) is 0.872. The molecule has 0 amide bonds. The monoisotopic (exact) mass is 733 g/mol. The first-order valence-corrected chi connectivity index (χ1v) is 22.9. The first-order chi connectivity index (χ1) is 25.6. The number of allylic oxidation sites excluding steroid dienone is 4. The van der Waals surface area contributed by atoms with Crippen molar-refractivity contribution in [2.24, 2.45) is 0 Å². The number of hydrogen-bond donors (Lipinski definition) is 1. The highest BCUT2D eigenvalue weighted by atomic mass is 16.6. The molecule has 0 aliphatic heterocycles.